The largest absolute Gasteiger partial charge is 0.464 e. The van der Waals surface area contributed by atoms with Crippen molar-refractivity contribution in [3.63, 3.8) is 0 Å². The van der Waals surface area contributed by atoms with Crippen LogP contribution in [-0.2, 0) is 16.1 Å². The topological polar surface area (TPSA) is 98.5 Å². The first-order chi connectivity index (χ1) is 10.1. The fourth-order valence-electron chi connectivity index (χ4n) is 1.88. The zero-order valence-corrected chi connectivity index (χ0v) is 12.0. The van der Waals surface area contributed by atoms with Crippen molar-refractivity contribution < 1.29 is 24.2 Å². The molecule has 0 aliphatic carbocycles. The van der Waals surface area contributed by atoms with Gasteiger partial charge in [0, 0.05) is 24.3 Å². The number of ether oxygens (including phenoxy) is 1. The molecule has 0 fully saturated rings. The summed E-state index contributed by atoms with van der Waals surface area (Å²) in [7, 11) is 2.26. The molecule has 0 unspecified atom stereocenters. The van der Waals surface area contributed by atoms with Crippen LogP contribution in [0.15, 0.2) is 18.3 Å². The lowest BCUT2D eigenvalue weighted by Crippen LogP contribution is -2.06. The van der Waals surface area contributed by atoms with Crippen molar-refractivity contribution in [2.45, 2.75) is 13.5 Å². The van der Waals surface area contributed by atoms with Gasteiger partial charge in [0.05, 0.1) is 13.7 Å². The number of aromatic nitrogens is 2. The Morgan fingerprint density at radius 2 is 2.05 bits per heavy atom. The van der Waals surface area contributed by atoms with E-state index in [1.165, 1.54) is 24.7 Å². The number of aliphatic hydroxyl groups excluding tert-OH is 1. The predicted molar refractivity (Wildman–Crippen MR) is 75.3 cm³/mol. The molecule has 0 spiro atoms. The molecule has 0 aromatic carbocycles. The zero-order valence-electron chi connectivity index (χ0n) is 12.0. The van der Waals surface area contributed by atoms with E-state index in [2.05, 4.69) is 9.72 Å². The molecule has 2 aromatic heterocycles. The molecule has 2 heterocycles. The minimum atomic E-state index is -0.565. The summed E-state index contributed by atoms with van der Waals surface area (Å²) < 4.78 is 6.13. The maximum Gasteiger partial charge on any atom is 0.356 e. The number of aliphatic hydroxyl groups is 1. The molecule has 0 amide bonds. The van der Waals surface area contributed by atoms with Gasteiger partial charge in [0.25, 0.3) is 0 Å². The van der Waals surface area contributed by atoms with E-state index < -0.39 is 5.97 Å². The Hall–Kier alpha value is -2.54. The van der Waals surface area contributed by atoms with Crippen LogP contribution in [0.1, 0.15) is 27.8 Å². The van der Waals surface area contributed by atoms with Gasteiger partial charge in [-0.25, -0.2) is 9.78 Å². The van der Waals surface area contributed by atoms with Gasteiger partial charge >= 0.3 is 5.97 Å². The third kappa shape index (κ3) is 3.32. The second-order valence-corrected chi connectivity index (χ2v) is 3.98. The van der Waals surface area contributed by atoms with Crippen molar-refractivity contribution >= 4 is 29.1 Å². The number of aldehydes is 1. The van der Waals surface area contributed by atoms with Crippen LogP contribution < -0.4 is 0 Å². The molecule has 0 saturated carbocycles. The average molecular weight is 292 g/mol. The monoisotopic (exact) mass is 292 g/mol. The molecule has 1 N–H and O–H groups in total. The number of fused-ring (bicyclic) bond motifs is 1. The third-order valence-electron chi connectivity index (χ3n) is 2.77. The first-order valence-corrected chi connectivity index (χ1v) is 6.06. The number of rotatable bonds is 4. The van der Waals surface area contributed by atoms with Gasteiger partial charge in [-0.15, -0.1) is 0 Å². The van der Waals surface area contributed by atoms with E-state index in [4.69, 9.17) is 5.11 Å². The van der Waals surface area contributed by atoms with E-state index in [1.807, 2.05) is 0 Å². The van der Waals surface area contributed by atoms with Gasteiger partial charge in [0.1, 0.15) is 11.9 Å². The molecule has 0 aliphatic heterocycles. The Balaban J connectivity index is 0.00000106. The summed E-state index contributed by atoms with van der Waals surface area (Å²) in [5.74, 6) is -0.688. The molecule has 7 nitrogen and oxygen atoms in total. The molecule has 112 valence electrons. The van der Waals surface area contributed by atoms with Crippen molar-refractivity contribution in [2.24, 2.45) is 0 Å². The fraction of sp³-hybridized carbons (Fsp3) is 0.286. The Kier molecular flexibility index (Phi) is 5.74. The Morgan fingerprint density at radius 1 is 1.38 bits per heavy atom. The van der Waals surface area contributed by atoms with E-state index in [0.29, 0.717) is 22.9 Å². The summed E-state index contributed by atoms with van der Waals surface area (Å²) in [5, 5.41) is 7.61. The van der Waals surface area contributed by atoms with Gasteiger partial charge in [-0.2, -0.15) is 0 Å². The van der Waals surface area contributed by atoms with Crippen LogP contribution in [0.5, 0.6) is 0 Å². The van der Waals surface area contributed by atoms with Crippen LogP contribution in [-0.4, -0.2) is 46.9 Å². The molecular formula is C14H16N2O5. The molecule has 21 heavy (non-hydrogen) atoms. The van der Waals surface area contributed by atoms with Crippen molar-refractivity contribution in [1.82, 2.24) is 9.55 Å². The van der Waals surface area contributed by atoms with Crippen LogP contribution in [0.2, 0.25) is 0 Å². The highest BCUT2D eigenvalue weighted by molar-refractivity contribution is 6.06. The first kappa shape index (κ1) is 16.5. The van der Waals surface area contributed by atoms with Crippen molar-refractivity contribution in [2.75, 3.05) is 14.2 Å². The summed E-state index contributed by atoms with van der Waals surface area (Å²) in [6.45, 7) is 1.51. The minimum absolute atomic E-state index is 0.0708. The molecule has 0 radical (unpaired) electrons. The number of esters is 1. The highest BCUT2D eigenvalue weighted by atomic mass is 16.5. The lowest BCUT2D eigenvalue weighted by molar-refractivity contribution is -0.108. The number of hydrogen-bond donors (Lipinski definition) is 1. The second-order valence-electron chi connectivity index (χ2n) is 3.98. The maximum atomic E-state index is 11.5. The number of carbonyl (C=O) groups excluding carboxylic acids is 3. The SMILES string of the molecule is CO.COC(=O)c1ccc2c(C(C)=O)cn(CC=O)c2n1. The van der Waals surface area contributed by atoms with Gasteiger partial charge in [-0.05, 0) is 19.1 Å². The van der Waals surface area contributed by atoms with Crippen LogP contribution in [0, 0.1) is 0 Å². The van der Waals surface area contributed by atoms with E-state index >= 15 is 0 Å². The summed E-state index contributed by atoms with van der Waals surface area (Å²) >= 11 is 0. The zero-order chi connectivity index (χ0) is 16.0. The summed E-state index contributed by atoms with van der Waals surface area (Å²) in [6.07, 6.45) is 2.27. The van der Waals surface area contributed by atoms with Gasteiger partial charge in [0.2, 0.25) is 0 Å². The van der Waals surface area contributed by atoms with Gasteiger partial charge < -0.3 is 19.2 Å². The molecule has 0 bridgehead atoms. The van der Waals surface area contributed by atoms with E-state index in [-0.39, 0.29) is 18.0 Å². The first-order valence-electron chi connectivity index (χ1n) is 6.06. The molecule has 2 aromatic rings. The summed E-state index contributed by atoms with van der Waals surface area (Å²) in [5.41, 5.74) is 1.02. The molecule has 0 aliphatic rings. The van der Waals surface area contributed by atoms with Gasteiger partial charge in [-0.1, -0.05) is 0 Å². The van der Waals surface area contributed by atoms with Crippen molar-refractivity contribution in [3.8, 4) is 0 Å². The quantitative estimate of drug-likeness (QED) is 0.509. The lowest BCUT2D eigenvalue weighted by atomic mass is 10.1. The smallest absolute Gasteiger partial charge is 0.356 e. The van der Waals surface area contributed by atoms with Crippen LogP contribution in [0.4, 0.5) is 0 Å². The van der Waals surface area contributed by atoms with Crippen LogP contribution in [0.3, 0.4) is 0 Å². The highest BCUT2D eigenvalue weighted by Gasteiger charge is 2.16. The van der Waals surface area contributed by atoms with E-state index in [1.54, 1.807) is 12.3 Å². The molecule has 0 atom stereocenters. The Bertz CT molecular complexity index is 675. The van der Waals surface area contributed by atoms with Gasteiger partial charge in [0.15, 0.2) is 11.5 Å². The number of hydrogen-bond acceptors (Lipinski definition) is 6. The lowest BCUT2D eigenvalue weighted by Gasteiger charge is -2.01. The maximum absolute atomic E-state index is 11.5. The Morgan fingerprint density at radius 3 is 2.57 bits per heavy atom. The van der Waals surface area contributed by atoms with E-state index in [0.717, 1.165) is 7.11 Å². The van der Waals surface area contributed by atoms with Crippen LogP contribution in [0.25, 0.3) is 11.0 Å². The van der Waals surface area contributed by atoms with Crippen molar-refractivity contribution in [1.29, 1.82) is 0 Å². The van der Waals surface area contributed by atoms with Crippen LogP contribution >= 0.6 is 0 Å². The highest BCUT2D eigenvalue weighted by Crippen LogP contribution is 2.21. The summed E-state index contributed by atoms with van der Waals surface area (Å²) in [6, 6.07) is 3.12. The van der Waals surface area contributed by atoms with Crippen molar-refractivity contribution in [3.05, 3.63) is 29.6 Å². The number of nitrogens with zero attached hydrogens (tertiary/aromatic N) is 2. The predicted octanol–water partition coefficient (Wildman–Crippen LogP) is 0.833. The Labute approximate surface area is 121 Å². The standard InChI is InChI=1S/C13H12N2O4.CH4O/c1-8(17)10-7-15(5-6-16)12-9(10)3-4-11(14-12)13(18)19-2;1-2/h3-4,6-7H,5H2,1-2H3;2H,1H3. The number of pyridine rings is 1. The average Bonchev–Trinajstić information content (AvgIpc) is 2.87. The fourth-order valence-corrected chi connectivity index (χ4v) is 1.88. The van der Waals surface area contributed by atoms with E-state index in [9.17, 15) is 14.4 Å². The number of carbonyl (C=O) groups is 3. The third-order valence-corrected chi connectivity index (χ3v) is 2.77. The summed E-state index contributed by atoms with van der Waals surface area (Å²) in [4.78, 5) is 37.8. The molecular weight excluding hydrogens is 276 g/mol. The number of ketones is 1. The normalized spacial score (nSPS) is 9.71. The molecule has 7 heteroatoms. The molecule has 0 saturated heterocycles. The number of methoxy groups -OCH3 is 1. The minimum Gasteiger partial charge on any atom is -0.464 e. The number of Topliss-reactive ketones (excluding diaryl/α,β-unsaturated/α-hetero) is 1. The molecule has 2 rings (SSSR count). The van der Waals surface area contributed by atoms with Gasteiger partial charge in [-0.3, -0.25) is 4.79 Å². The second kappa shape index (κ2) is 7.30.